The Labute approximate surface area is 290 Å². The van der Waals surface area contributed by atoms with Gasteiger partial charge in [0.1, 0.15) is 0 Å². The molecule has 0 aliphatic rings. The molecule has 3 aromatic heterocycles. The molecule has 16 nitrogen and oxygen atoms in total. The number of unbranched alkanes of at least 4 members (excludes halogenated alkanes) is 4. The molecule has 4 aromatic rings. The van der Waals surface area contributed by atoms with Crippen molar-refractivity contribution in [2.45, 2.75) is 63.6 Å². The maximum absolute atomic E-state index is 14.5. The van der Waals surface area contributed by atoms with E-state index in [1.54, 1.807) is 49.4 Å². The maximum atomic E-state index is 14.5. The topological polar surface area (TPSA) is 196 Å². The minimum atomic E-state index is -4.59. The number of rotatable bonds is 19. The standard InChI is InChI=1S/C33H40N6O10S/c1-23-15-16-28(35-22-23)50(43,44)38(24(2)48-29(40)14-8-6-5-7-11-21-47-39(41)42)32-30(49-27-13-10-9-12-26(27)45-3)33(46-4)37-31(36-32)25-17-19-34-20-18-25/h9-10,12-13,15-20,22,24,41-42H,5-8,11,14,21H2,1-4H3. The number of sulfonamides is 1. The molecule has 4 rings (SSSR count). The number of pyridine rings is 2. The first kappa shape index (κ1) is 37.9. The van der Waals surface area contributed by atoms with Crippen molar-refractivity contribution in [2.75, 3.05) is 25.1 Å². The number of esters is 1. The first-order valence-electron chi connectivity index (χ1n) is 15.7. The summed E-state index contributed by atoms with van der Waals surface area (Å²) in [7, 11) is -1.78. The average molecular weight is 713 g/mol. The number of carbonyl (C=O) groups excluding carboxylic acids is 1. The van der Waals surface area contributed by atoms with Crippen LogP contribution < -0.4 is 18.5 Å². The molecule has 3 heterocycles. The van der Waals surface area contributed by atoms with Gasteiger partial charge in [0.15, 0.2) is 34.4 Å². The summed E-state index contributed by atoms with van der Waals surface area (Å²) in [6.07, 6.45) is 6.26. The highest BCUT2D eigenvalue weighted by molar-refractivity contribution is 7.92. The monoisotopic (exact) mass is 712 g/mol. The number of anilines is 1. The highest BCUT2D eigenvalue weighted by atomic mass is 32.2. The van der Waals surface area contributed by atoms with Crippen LogP contribution in [0.4, 0.5) is 5.82 Å². The van der Waals surface area contributed by atoms with Crippen LogP contribution >= 0.6 is 0 Å². The number of ether oxygens (including phenoxy) is 4. The third-order valence-corrected chi connectivity index (χ3v) is 8.97. The summed E-state index contributed by atoms with van der Waals surface area (Å²) in [6, 6.07) is 12.9. The zero-order valence-corrected chi connectivity index (χ0v) is 28.9. The van der Waals surface area contributed by atoms with Gasteiger partial charge in [0.05, 0.1) is 26.2 Å². The second-order valence-corrected chi connectivity index (χ2v) is 12.6. The molecule has 0 fully saturated rings. The van der Waals surface area contributed by atoms with Crippen LogP contribution in [-0.2, 0) is 24.4 Å². The van der Waals surface area contributed by atoms with E-state index in [-0.39, 0.29) is 52.5 Å². The molecule has 0 saturated heterocycles. The molecule has 268 valence electrons. The predicted molar refractivity (Wildman–Crippen MR) is 178 cm³/mol. The van der Waals surface area contributed by atoms with Crippen LogP contribution in [0, 0.1) is 6.92 Å². The van der Waals surface area contributed by atoms with Crippen LogP contribution in [0.1, 0.15) is 51.0 Å². The van der Waals surface area contributed by atoms with Gasteiger partial charge in [0, 0.05) is 30.6 Å². The number of benzene rings is 1. The van der Waals surface area contributed by atoms with Crippen LogP contribution in [0.15, 0.2) is 72.1 Å². The molecule has 2 N–H and O–H groups in total. The molecule has 1 aromatic carbocycles. The number of aryl methyl sites for hydroxylation is 1. The van der Waals surface area contributed by atoms with E-state index in [0.717, 1.165) is 22.7 Å². The van der Waals surface area contributed by atoms with Gasteiger partial charge in [-0.2, -0.15) is 13.4 Å². The molecule has 0 aliphatic heterocycles. The molecule has 0 bridgehead atoms. The van der Waals surface area contributed by atoms with Crippen molar-refractivity contribution in [3.63, 3.8) is 0 Å². The smallest absolute Gasteiger partial charge is 0.307 e. The van der Waals surface area contributed by atoms with Crippen molar-refractivity contribution in [1.29, 1.82) is 0 Å². The number of aromatic nitrogens is 4. The third-order valence-electron chi connectivity index (χ3n) is 7.21. The Balaban J connectivity index is 1.75. The zero-order chi connectivity index (χ0) is 36.1. The summed E-state index contributed by atoms with van der Waals surface area (Å²) in [5.41, 5.74) is 1.23. The first-order chi connectivity index (χ1) is 24.0. The predicted octanol–water partition coefficient (Wildman–Crippen LogP) is 5.49. The van der Waals surface area contributed by atoms with Gasteiger partial charge < -0.3 is 18.9 Å². The Bertz CT molecular complexity index is 1800. The van der Waals surface area contributed by atoms with Gasteiger partial charge in [0.2, 0.25) is 5.75 Å². The lowest BCUT2D eigenvalue weighted by atomic mass is 10.1. The number of nitrogens with zero attached hydrogens (tertiary/aromatic N) is 6. The Morgan fingerprint density at radius 1 is 0.900 bits per heavy atom. The van der Waals surface area contributed by atoms with Crippen molar-refractivity contribution < 1.29 is 47.4 Å². The number of methoxy groups -OCH3 is 2. The van der Waals surface area contributed by atoms with Crippen LogP contribution in [-0.4, -0.2) is 77.2 Å². The van der Waals surface area contributed by atoms with E-state index in [9.17, 15) is 13.2 Å². The zero-order valence-electron chi connectivity index (χ0n) is 28.1. The molecule has 0 radical (unpaired) electrons. The number of para-hydroxylation sites is 2. The van der Waals surface area contributed by atoms with Crippen molar-refractivity contribution >= 4 is 21.8 Å². The maximum Gasteiger partial charge on any atom is 0.307 e. The van der Waals surface area contributed by atoms with Gasteiger partial charge in [-0.05, 0) is 62.6 Å². The van der Waals surface area contributed by atoms with Crippen molar-refractivity contribution in [3.8, 4) is 34.5 Å². The summed E-state index contributed by atoms with van der Waals surface area (Å²) in [6.45, 7) is 3.31. The second-order valence-electron chi connectivity index (χ2n) is 10.9. The Kier molecular flexibility index (Phi) is 13.8. The molecule has 0 amide bonds. The lowest BCUT2D eigenvalue weighted by Gasteiger charge is -2.30. The molecular weight excluding hydrogens is 672 g/mol. The van der Waals surface area contributed by atoms with Crippen LogP contribution in [0.5, 0.6) is 23.1 Å². The van der Waals surface area contributed by atoms with E-state index in [1.165, 1.54) is 45.8 Å². The fourth-order valence-corrected chi connectivity index (χ4v) is 6.19. The van der Waals surface area contributed by atoms with E-state index in [0.29, 0.717) is 30.6 Å². The summed E-state index contributed by atoms with van der Waals surface area (Å²) in [5, 5.41) is 16.5. The van der Waals surface area contributed by atoms with E-state index in [4.69, 9.17) is 29.4 Å². The Morgan fingerprint density at radius 2 is 1.60 bits per heavy atom. The molecule has 17 heteroatoms. The normalized spacial score (nSPS) is 12.0. The molecule has 0 spiro atoms. The van der Waals surface area contributed by atoms with Crippen molar-refractivity contribution in [1.82, 2.24) is 25.3 Å². The molecule has 0 aliphatic carbocycles. The Morgan fingerprint density at radius 3 is 2.26 bits per heavy atom. The molecule has 50 heavy (non-hydrogen) atoms. The lowest BCUT2D eigenvalue weighted by molar-refractivity contribution is -0.492. The number of hydrogen-bond donors (Lipinski definition) is 2. The summed E-state index contributed by atoms with van der Waals surface area (Å²) in [4.78, 5) is 35.1. The molecule has 0 saturated carbocycles. The van der Waals surface area contributed by atoms with Gasteiger partial charge in [-0.25, -0.2) is 14.3 Å². The van der Waals surface area contributed by atoms with Gasteiger partial charge in [-0.15, -0.1) is 0 Å². The molecular formula is C33H40N6O10S. The van der Waals surface area contributed by atoms with Gasteiger partial charge >= 0.3 is 5.97 Å². The highest BCUT2D eigenvalue weighted by Crippen LogP contribution is 2.44. The van der Waals surface area contributed by atoms with E-state index in [2.05, 4.69) is 24.8 Å². The average Bonchev–Trinajstić information content (AvgIpc) is 3.10. The van der Waals surface area contributed by atoms with E-state index < -0.39 is 22.2 Å². The Hall–Kier alpha value is -4.94. The first-order valence-corrected chi connectivity index (χ1v) is 17.1. The number of hydrogen-bond acceptors (Lipinski definition) is 15. The summed E-state index contributed by atoms with van der Waals surface area (Å²) in [5.74, 6) is -0.605. The van der Waals surface area contributed by atoms with Gasteiger partial charge in [0.25, 0.3) is 15.9 Å². The quantitative estimate of drug-likeness (QED) is 0.0536. The van der Waals surface area contributed by atoms with Crippen molar-refractivity contribution in [3.05, 3.63) is 72.7 Å². The fourth-order valence-electron chi connectivity index (χ4n) is 4.77. The summed E-state index contributed by atoms with van der Waals surface area (Å²) < 4.78 is 53.0. The van der Waals surface area contributed by atoms with Crippen LogP contribution in [0.25, 0.3) is 11.4 Å². The third kappa shape index (κ3) is 10.1. The van der Waals surface area contributed by atoms with Gasteiger partial charge in [-0.1, -0.05) is 37.5 Å². The fraction of sp³-hybridized carbons (Fsp3) is 0.364. The number of carbonyl (C=O) groups is 1. The van der Waals surface area contributed by atoms with E-state index in [1.807, 2.05) is 0 Å². The van der Waals surface area contributed by atoms with Crippen molar-refractivity contribution in [2.24, 2.45) is 0 Å². The lowest BCUT2D eigenvalue weighted by Crippen LogP contribution is -2.42. The molecule has 1 unspecified atom stereocenters. The minimum Gasteiger partial charge on any atom is -0.493 e. The van der Waals surface area contributed by atoms with E-state index >= 15 is 0 Å². The van der Waals surface area contributed by atoms with Crippen LogP contribution in [0.3, 0.4) is 0 Å². The second kappa shape index (κ2) is 18.2. The SMILES string of the molecule is COc1ccccc1Oc1c(OC)nc(-c2ccncc2)nc1N(C(C)OC(=O)CCCCCCCON(O)O)S(=O)(=O)c1ccc(C)cn1. The highest BCUT2D eigenvalue weighted by Gasteiger charge is 2.38. The molecule has 1 atom stereocenters. The largest absolute Gasteiger partial charge is 0.493 e. The van der Waals surface area contributed by atoms with Crippen LogP contribution in [0.2, 0.25) is 0 Å². The minimum absolute atomic E-state index is 0.0124. The summed E-state index contributed by atoms with van der Waals surface area (Å²) >= 11 is 0. The van der Waals surface area contributed by atoms with Gasteiger partial charge in [-0.3, -0.25) is 25.0 Å².